The van der Waals surface area contributed by atoms with Crippen molar-refractivity contribution in [3.05, 3.63) is 88.5 Å². The fraction of sp³-hybridized carbons (Fsp3) is 0.296. The molecule has 9 nitrogen and oxygen atoms in total. The molecule has 0 aliphatic rings. The largest absolute Gasteiger partial charge is 0.497 e. The molecule has 0 aliphatic heterocycles. The van der Waals surface area contributed by atoms with E-state index in [-0.39, 0.29) is 34.5 Å². The molecular weight excluding hydrogens is 458 g/mol. The van der Waals surface area contributed by atoms with Gasteiger partial charge in [-0.25, -0.2) is 4.98 Å². The Bertz CT molecular complexity index is 1500. The number of nitrogens with zero attached hydrogens (tertiary/aromatic N) is 5. The van der Waals surface area contributed by atoms with Gasteiger partial charge in [0, 0.05) is 19.3 Å². The Kier molecular flexibility index (Phi) is 9.08. The first-order chi connectivity index (χ1) is 17.4. The van der Waals surface area contributed by atoms with E-state index in [0.29, 0.717) is 36.6 Å². The van der Waals surface area contributed by atoms with Gasteiger partial charge in [-0.05, 0) is 50.6 Å². The number of rotatable bonds is 10. The van der Waals surface area contributed by atoms with Crippen molar-refractivity contribution in [3.63, 3.8) is 0 Å². The molecule has 0 atom stereocenters. The Hall–Kier alpha value is -4.29. The first-order valence-corrected chi connectivity index (χ1v) is 11.6. The van der Waals surface area contributed by atoms with Gasteiger partial charge in [0.05, 0.1) is 30.6 Å². The van der Waals surface area contributed by atoms with E-state index in [1.807, 2.05) is 13.8 Å². The third-order valence-electron chi connectivity index (χ3n) is 5.23. The fourth-order valence-electron chi connectivity index (χ4n) is 3.57. The predicted molar refractivity (Wildman–Crippen MR) is 137 cm³/mol. The van der Waals surface area contributed by atoms with E-state index in [2.05, 4.69) is 22.6 Å². The molecule has 3 rings (SSSR count). The molecule has 0 saturated heterocycles. The number of methoxy groups -OCH3 is 1. The molecule has 0 bridgehead atoms. The number of ether oxygens (including phenoxy) is 2. The average molecular weight is 488 g/mol. The van der Waals surface area contributed by atoms with Gasteiger partial charge in [-0.15, -0.1) is 0 Å². The number of nitriles is 1. The molecule has 0 aliphatic carbocycles. The minimum absolute atomic E-state index is 0.0438. The summed E-state index contributed by atoms with van der Waals surface area (Å²) in [6, 6.07) is 8.77. The minimum Gasteiger partial charge on any atom is -0.497 e. The maximum absolute atomic E-state index is 13.2. The van der Waals surface area contributed by atoms with Gasteiger partial charge in [0.2, 0.25) is 0 Å². The van der Waals surface area contributed by atoms with Gasteiger partial charge in [0.25, 0.3) is 11.5 Å². The van der Waals surface area contributed by atoms with E-state index in [0.717, 1.165) is 0 Å². The topological polar surface area (TPSA) is 111 Å². The number of allylic oxidation sites excluding steroid dienone is 3. The van der Waals surface area contributed by atoms with Crippen LogP contribution < -0.4 is 11.0 Å². The minimum atomic E-state index is -0.475. The zero-order valence-electron chi connectivity index (χ0n) is 20.7. The van der Waals surface area contributed by atoms with Crippen LogP contribution in [0.4, 0.5) is 0 Å². The number of carbonyl (C=O) groups excluding carboxylic acids is 1. The Balaban J connectivity index is 2.19. The summed E-state index contributed by atoms with van der Waals surface area (Å²) in [5.74, 6) is 0.00873. The van der Waals surface area contributed by atoms with Gasteiger partial charge in [-0.2, -0.15) is 10.3 Å². The molecule has 0 saturated carbocycles. The summed E-state index contributed by atoms with van der Waals surface area (Å²) in [7, 11) is 1.50. The second-order valence-corrected chi connectivity index (χ2v) is 8.12. The van der Waals surface area contributed by atoms with Crippen LogP contribution in [0.15, 0.2) is 76.9 Å². The molecule has 0 fully saturated rings. The quantitative estimate of drug-likeness (QED) is 0.188. The van der Waals surface area contributed by atoms with Crippen molar-refractivity contribution >= 4 is 22.6 Å². The van der Waals surface area contributed by atoms with E-state index < -0.39 is 5.91 Å². The molecule has 3 aromatic rings. The van der Waals surface area contributed by atoms with Crippen LogP contribution in [-0.4, -0.2) is 39.7 Å². The van der Waals surface area contributed by atoms with Crippen LogP contribution in [0.2, 0.25) is 0 Å². The standard InChI is InChI=1S/C27H29N5O4/c1-5-6-10-21(35-4)12-13-24(33)30-25-20(18-28)17-22-26(32(25)15-9-16-36-19(2)3)29-23-11-7-8-14-31(23)27(22)34/h5-8,10-12,14,17,19H,1,9,13,15-16H2,2-4H3/b10-6-,21-12+,30-25?. The van der Waals surface area contributed by atoms with E-state index in [9.17, 15) is 14.9 Å². The summed E-state index contributed by atoms with van der Waals surface area (Å²) in [4.78, 5) is 34.9. The Morgan fingerprint density at radius 3 is 2.86 bits per heavy atom. The summed E-state index contributed by atoms with van der Waals surface area (Å²) in [5.41, 5.74) is 0.756. The van der Waals surface area contributed by atoms with E-state index in [4.69, 9.17) is 9.47 Å². The Morgan fingerprint density at radius 2 is 2.17 bits per heavy atom. The lowest BCUT2D eigenvalue weighted by atomic mass is 10.2. The second-order valence-electron chi connectivity index (χ2n) is 8.12. The van der Waals surface area contributed by atoms with Crippen molar-refractivity contribution in [2.45, 2.75) is 39.3 Å². The van der Waals surface area contributed by atoms with Crippen LogP contribution in [0.1, 0.15) is 32.3 Å². The van der Waals surface area contributed by atoms with Gasteiger partial charge < -0.3 is 14.0 Å². The third-order valence-corrected chi connectivity index (χ3v) is 5.23. The highest BCUT2D eigenvalue weighted by molar-refractivity contribution is 5.80. The molecule has 0 aromatic carbocycles. The monoisotopic (exact) mass is 487 g/mol. The van der Waals surface area contributed by atoms with Crippen LogP contribution in [-0.2, 0) is 20.8 Å². The van der Waals surface area contributed by atoms with Crippen molar-refractivity contribution in [3.8, 4) is 6.07 Å². The third kappa shape index (κ3) is 6.23. The number of fused-ring (bicyclic) bond motifs is 2. The van der Waals surface area contributed by atoms with Crippen molar-refractivity contribution in [1.82, 2.24) is 14.0 Å². The lowest BCUT2D eigenvalue weighted by molar-refractivity contribution is -0.117. The molecule has 3 aromatic heterocycles. The molecule has 9 heteroatoms. The molecule has 3 heterocycles. The van der Waals surface area contributed by atoms with Crippen molar-refractivity contribution in [2.75, 3.05) is 13.7 Å². The Morgan fingerprint density at radius 1 is 1.36 bits per heavy atom. The molecule has 0 N–H and O–H groups in total. The van der Waals surface area contributed by atoms with Crippen LogP contribution in [0.5, 0.6) is 0 Å². The van der Waals surface area contributed by atoms with Gasteiger partial charge in [-0.3, -0.25) is 14.0 Å². The molecule has 186 valence electrons. The van der Waals surface area contributed by atoms with Crippen LogP contribution in [0, 0.1) is 11.3 Å². The fourth-order valence-corrected chi connectivity index (χ4v) is 3.57. The number of aromatic nitrogens is 3. The lowest BCUT2D eigenvalue weighted by Gasteiger charge is -2.14. The molecular formula is C27H29N5O4. The SMILES string of the molecule is C=C/C=C\C(=C/CC(=O)N=c1c(C#N)cc2c(=O)n3ccccc3nc2n1CCCOC(C)C)OC. The molecule has 0 unspecified atom stereocenters. The number of amides is 1. The summed E-state index contributed by atoms with van der Waals surface area (Å²) in [5, 5.41) is 10.1. The van der Waals surface area contributed by atoms with Crippen LogP contribution in [0.25, 0.3) is 16.7 Å². The van der Waals surface area contributed by atoms with Crippen molar-refractivity contribution in [1.29, 1.82) is 5.26 Å². The van der Waals surface area contributed by atoms with Crippen LogP contribution >= 0.6 is 0 Å². The summed E-state index contributed by atoms with van der Waals surface area (Å²) < 4.78 is 14.0. The number of aryl methyl sites for hydroxylation is 1. The smallest absolute Gasteiger partial charge is 0.267 e. The number of hydrogen-bond donors (Lipinski definition) is 0. The van der Waals surface area contributed by atoms with Gasteiger partial charge in [-0.1, -0.05) is 24.8 Å². The normalized spacial score (nSPS) is 12.5. The summed E-state index contributed by atoms with van der Waals surface area (Å²) in [6.07, 6.45) is 8.77. The number of pyridine rings is 2. The van der Waals surface area contributed by atoms with Gasteiger partial charge in [0.15, 0.2) is 5.49 Å². The first kappa shape index (κ1) is 26.3. The summed E-state index contributed by atoms with van der Waals surface area (Å²) >= 11 is 0. The lowest BCUT2D eigenvalue weighted by Crippen LogP contribution is -2.30. The molecule has 0 radical (unpaired) electrons. The second kappa shape index (κ2) is 12.4. The zero-order chi connectivity index (χ0) is 26.1. The van der Waals surface area contributed by atoms with Crippen molar-refractivity contribution < 1.29 is 14.3 Å². The van der Waals surface area contributed by atoms with E-state index >= 15 is 0 Å². The zero-order valence-corrected chi connectivity index (χ0v) is 20.7. The highest BCUT2D eigenvalue weighted by Crippen LogP contribution is 2.11. The average Bonchev–Trinajstić information content (AvgIpc) is 2.87. The van der Waals surface area contributed by atoms with Crippen LogP contribution in [0.3, 0.4) is 0 Å². The number of carbonyl (C=O) groups is 1. The first-order valence-electron chi connectivity index (χ1n) is 11.6. The number of hydrogen-bond acceptors (Lipinski definition) is 6. The van der Waals surface area contributed by atoms with Crippen molar-refractivity contribution in [2.24, 2.45) is 4.99 Å². The van der Waals surface area contributed by atoms with E-state index in [1.54, 1.807) is 53.3 Å². The molecule has 36 heavy (non-hydrogen) atoms. The highest BCUT2D eigenvalue weighted by Gasteiger charge is 2.15. The van der Waals surface area contributed by atoms with Gasteiger partial charge in [0.1, 0.15) is 23.1 Å². The molecule has 0 spiro atoms. The van der Waals surface area contributed by atoms with Gasteiger partial charge >= 0.3 is 0 Å². The Labute approximate surface area is 208 Å². The maximum Gasteiger partial charge on any atom is 0.267 e. The summed E-state index contributed by atoms with van der Waals surface area (Å²) in [6.45, 7) is 8.30. The maximum atomic E-state index is 13.2. The highest BCUT2D eigenvalue weighted by atomic mass is 16.5. The van der Waals surface area contributed by atoms with E-state index in [1.165, 1.54) is 17.6 Å². The molecule has 1 amide bonds. The predicted octanol–water partition coefficient (Wildman–Crippen LogP) is 3.43.